The number of carbonyl (C=O) groups excluding carboxylic acids is 1. The van der Waals surface area contributed by atoms with Gasteiger partial charge in [0.2, 0.25) is 0 Å². The summed E-state index contributed by atoms with van der Waals surface area (Å²) in [5, 5.41) is 4.15. The second-order valence-corrected chi connectivity index (χ2v) is 4.96. The molecule has 2 aromatic rings. The predicted octanol–water partition coefficient (Wildman–Crippen LogP) is 3.55. The predicted molar refractivity (Wildman–Crippen MR) is 88.5 cm³/mol. The second-order valence-electron chi connectivity index (χ2n) is 4.96. The summed E-state index contributed by atoms with van der Waals surface area (Å²) in [6.07, 6.45) is 0. The van der Waals surface area contributed by atoms with Gasteiger partial charge in [0.1, 0.15) is 5.75 Å². The van der Waals surface area contributed by atoms with Crippen molar-refractivity contribution in [2.24, 2.45) is 5.10 Å². The topological polar surface area (TPSA) is 50.7 Å². The van der Waals surface area contributed by atoms with Crippen LogP contribution in [0, 0.1) is 6.92 Å². The Morgan fingerprint density at radius 2 is 1.64 bits per heavy atom. The number of nitrogens with zero attached hydrogens (tertiary/aromatic N) is 1. The Hall–Kier alpha value is -2.62. The van der Waals surface area contributed by atoms with Gasteiger partial charge in [0, 0.05) is 5.56 Å². The van der Waals surface area contributed by atoms with Crippen LogP contribution in [0.15, 0.2) is 53.6 Å². The van der Waals surface area contributed by atoms with Gasteiger partial charge in [-0.1, -0.05) is 17.7 Å². The lowest BCUT2D eigenvalue weighted by Crippen LogP contribution is -2.19. The van der Waals surface area contributed by atoms with E-state index in [1.165, 1.54) is 0 Å². The standard InChI is InChI=1S/C18H20N2O2/c1-4-22-17-11-9-15(10-12-17)14(3)19-20-18(21)16-7-5-13(2)6-8-16/h5-12H,4H2,1-3H3,(H,20,21)/b19-14+. The molecule has 0 bridgehead atoms. The highest BCUT2D eigenvalue weighted by Crippen LogP contribution is 2.12. The zero-order chi connectivity index (χ0) is 15.9. The summed E-state index contributed by atoms with van der Waals surface area (Å²) in [4.78, 5) is 12.0. The van der Waals surface area contributed by atoms with E-state index in [0.29, 0.717) is 12.2 Å². The summed E-state index contributed by atoms with van der Waals surface area (Å²) in [5.41, 5.74) is 5.96. The van der Waals surface area contributed by atoms with Crippen LogP contribution >= 0.6 is 0 Å². The summed E-state index contributed by atoms with van der Waals surface area (Å²) in [7, 11) is 0. The molecule has 2 rings (SSSR count). The smallest absolute Gasteiger partial charge is 0.271 e. The molecule has 1 amide bonds. The first-order chi connectivity index (χ1) is 10.6. The van der Waals surface area contributed by atoms with Crippen molar-refractivity contribution in [3.63, 3.8) is 0 Å². The Morgan fingerprint density at radius 3 is 2.23 bits per heavy atom. The molecule has 4 nitrogen and oxygen atoms in total. The van der Waals surface area contributed by atoms with Gasteiger partial charge < -0.3 is 4.74 Å². The van der Waals surface area contributed by atoms with E-state index in [9.17, 15) is 4.79 Å². The lowest BCUT2D eigenvalue weighted by Gasteiger charge is -2.05. The van der Waals surface area contributed by atoms with E-state index < -0.39 is 0 Å². The highest BCUT2D eigenvalue weighted by molar-refractivity contribution is 6.00. The van der Waals surface area contributed by atoms with E-state index >= 15 is 0 Å². The van der Waals surface area contributed by atoms with Crippen LogP contribution in [0.3, 0.4) is 0 Å². The zero-order valence-electron chi connectivity index (χ0n) is 13.1. The molecule has 0 atom stereocenters. The fourth-order valence-electron chi connectivity index (χ4n) is 1.93. The minimum absolute atomic E-state index is 0.217. The van der Waals surface area contributed by atoms with Crippen molar-refractivity contribution in [1.29, 1.82) is 0 Å². The first-order valence-corrected chi connectivity index (χ1v) is 7.24. The number of hydrogen-bond acceptors (Lipinski definition) is 3. The van der Waals surface area contributed by atoms with Gasteiger partial charge in [0.25, 0.3) is 5.91 Å². The largest absolute Gasteiger partial charge is 0.494 e. The molecular weight excluding hydrogens is 276 g/mol. The molecule has 114 valence electrons. The second kappa shape index (κ2) is 7.41. The highest BCUT2D eigenvalue weighted by atomic mass is 16.5. The number of benzene rings is 2. The van der Waals surface area contributed by atoms with Crippen LogP contribution in [0.1, 0.15) is 35.3 Å². The number of rotatable bonds is 5. The molecule has 1 N–H and O–H groups in total. The number of nitrogens with one attached hydrogen (secondary N) is 1. The van der Waals surface area contributed by atoms with E-state index in [1.54, 1.807) is 12.1 Å². The van der Waals surface area contributed by atoms with Gasteiger partial charge in [-0.05, 0) is 62.7 Å². The Labute approximate surface area is 130 Å². The maximum atomic E-state index is 12.0. The monoisotopic (exact) mass is 296 g/mol. The maximum Gasteiger partial charge on any atom is 0.271 e. The lowest BCUT2D eigenvalue weighted by atomic mass is 10.1. The molecule has 0 radical (unpaired) electrons. The minimum atomic E-state index is -0.217. The Balaban J connectivity index is 2.02. The third-order valence-corrected chi connectivity index (χ3v) is 3.22. The van der Waals surface area contributed by atoms with E-state index in [2.05, 4.69) is 10.5 Å². The third-order valence-electron chi connectivity index (χ3n) is 3.22. The van der Waals surface area contributed by atoms with Crippen molar-refractivity contribution in [3.8, 4) is 5.75 Å². The summed E-state index contributed by atoms with van der Waals surface area (Å²) in [6, 6.07) is 15.0. The molecule has 0 fully saturated rings. The number of ether oxygens (including phenoxy) is 1. The number of aryl methyl sites for hydroxylation is 1. The molecule has 0 saturated heterocycles. The molecule has 0 heterocycles. The van der Waals surface area contributed by atoms with Crippen LogP contribution in [0.4, 0.5) is 0 Å². The molecule has 0 aromatic heterocycles. The van der Waals surface area contributed by atoms with Gasteiger partial charge >= 0.3 is 0 Å². The number of carbonyl (C=O) groups is 1. The minimum Gasteiger partial charge on any atom is -0.494 e. The van der Waals surface area contributed by atoms with Crippen LogP contribution in [0.2, 0.25) is 0 Å². The summed E-state index contributed by atoms with van der Waals surface area (Å²) >= 11 is 0. The van der Waals surface area contributed by atoms with Gasteiger partial charge in [-0.2, -0.15) is 5.10 Å². The fourth-order valence-corrected chi connectivity index (χ4v) is 1.93. The van der Waals surface area contributed by atoms with Crippen LogP contribution in [0.5, 0.6) is 5.75 Å². The summed E-state index contributed by atoms with van der Waals surface area (Å²) < 4.78 is 5.40. The number of hydrazone groups is 1. The molecule has 0 aliphatic rings. The van der Waals surface area contributed by atoms with Crippen molar-refractivity contribution < 1.29 is 9.53 Å². The van der Waals surface area contributed by atoms with Gasteiger partial charge in [0.15, 0.2) is 0 Å². The molecule has 4 heteroatoms. The van der Waals surface area contributed by atoms with Crippen LogP contribution < -0.4 is 10.2 Å². The Kier molecular flexibility index (Phi) is 5.31. The van der Waals surface area contributed by atoms with Crippen molar-refractivity contribution in [3.05, 3.63) is 65.2 Å². The number of hydrogen-bond donors (Lipinski definition) is 1. The van der Waals surface area contributed by atoms with Gasteiger partial charge in [-0.15, -0.1) is 0 Å². The highest BCUT2D eigenvalue weighted by Gasteiger charge is 2.04. The molecule has 0 aliphatic carbocycles. The molecule has 22 heavy (non-hydrogen) atoms. The van der Waals surface area contributed by atoms with Gasteiger partial charge in [-0.25, -0.2) is 5.43 Å². The van der Waals surface area contributed by atoms with Gasteiger partial charge in [0.05, 0.1) is 12.3 Å². The van der Waals surface area contributed by atoms with Crippen molar-refractivity contribution >= 4 is 11.6 Å². The van der Waals surface area contributed by atoms with Crippen molar-refractivity contribution in [1.82, 2.24) is 5.43 Å². The molecule has 0 spiro atoms. The maximum absolute atomic E-state index is 12.0. The Bertz CT molecular complexity index is 658. The van der Waals surface area contributed by atoms with Crippen LogP contribution in [0.25, 0.3) is 0 Å². The van der Waals surface area contributed by atoms with E-state index in [-0.39, 0.29) is 5.91 Å². The first-order valence-electron chi connectivity index (χ1n) is 7.24. The third kappa shape index (κ3) is 4.19. The average molecular weight is 296 g/mol. The van der Waals surface area contributed by atoms with Crippen molar-refractivity contribution in [2.45, 2.75) is 20.8 Å². The first kappa shape index (κ1) is 15.8. The molecular formula is C18H20N2O2. The van der Waals surface area contributed by atoms with E-state index in [4.69, 9.17) is 4.74 Å². The summed E-state index contributed by atoms with van der Waals surface area (Å²) in [5.74, 6) is 0.605. The molecule has 2 aromatic carbocycles. The van der Waals surface area contributed by atoms with Crippen LogP contribution in [-0.2, 0) is 0 Å². The quantitative estimate of drug-likeness (QED) is 0.677. The number of amides is 1. The summed E-state index contributed by atoms with van der Waals surface area (Å²) in [6.45, 7) is 6.42. The molecule has 0 saturated carbocycles. The van der Waals surface area contributed by atoms with Gasteiger partial charge in [-0.3, -0.25) is 4.79 Å². The zero-order valence-corrected chi connectivity index (χ0v) is 13.1. The van der Waals surface area contributed by atoms with E-state index in [0.717, 1.165) is 22.6 Å². The average Bonchev–Trinajstić information content (AvgIpc) is 2.54. The SMILES string of the molecule is CCOc1ccc(/C(C)=N/NC(=O)c2ccc(C)cc2)cc1. The Morgan fingerprint density at radius 1 is 1.05 bits per heavy atom. The molecule has 0 unspecified atom stereocenters. The lowest BCUT2D eigenvalue weighted by molar-refractivity contribution is 0.0955. The van der Waals surface area contributed by atoms with Crippen LogP contribution in [-0.4, -0.2) is 18.2 Å². The normalized spacial score (nSPS) is 11.1. The van der Waals surface area contributed by atoms with Crippen molar-refractivity contribution in [2.75, 3.05) is 6.61 Å². The molecule has 0 aliphatic heterocycles. The van der Waals surface area contributed by atoms with E-state index in [1.807, 2.05) is 57.2 Å². The fraction of sp³-hybridized carbons (Fsp3) is 0.222.